The second-order valence-corrected chi connectivity index (χ2v) is 7.78. The molecular weight excluding hydrogens is 373 g/mol. The zero-order chi connectivity index (χ0) is 18.8. The van der Waals surface area contributed by atoms with E-state index in [1.807, 2.05) is 38.1 Å². The van der Waals surface area contributed by atoms with Crippen molar-refractivity contribution in [2.75, 3.05) is 32.1 Å². The lowest BCUT2D eigenvalue weighted by atomic mass is 10.2. The van der Waals surface area contributed by atoms with E-state index in [-0.39, 0.29) is 11.7 Å². The van der Waals surface area contributed by atoms with Crippen LogP contribution in [0.25, 0.3) is 10.2 Å². The van der Waals surface area contributed by atoms with Gasteiger partial charge in [0.1, 0.15) is 5.82 Å². The van der Waals surface area contributed by atoms with Gasteiger partial charge in [0.15, 0.2) is 5.13 Å². The van der Waals surface area contributed by atoms with Gasteiger partial charge in [-0.05, 0) is 63.0 Å². The summed E-state index contributed by atoms with van der Waals surface area (Å²) in [6, 6.07) is 9.29. The number of nitrogens with zero attached hydrogens (tertiary/aromatic N) is 3. The molecule has 0 atom stereocenters. The average molecular weight is 392 g/mol. The third-order valence-corrected chi connectivity index (χ3v) is 5.22. The van der Waals surface area contributed by atoms with Gasteiger partial charge in [0.25, 0.3) is 5.91 Å². The quantitative estimate of drug-likeness (QED) is 0.637. The van der Waals surface area contributed by atoms with E-state index in [4.69, 9.17) is 11.6 Å². The molecule has 0 fully saturated rings. The number of hydrogen-bond donors (Lipinski definition) is 0. The number of halogens is 2. The number of hydrogen-bond acceptors (Lipinski definition) is 4. The minimum absolute atomic E-state index is 0.199. The molecule has 0 unspecified atom stereocenters. The first-order chi connectivity index (χ1) is 12.3. The first-order valence-electron chi connectivity index (χ1n) is 8.14. The Hall–Kier alpha value is -2.02. The third-order valence-electron chi connectivity index (χ3n) is 3.98. The van der Waals surface area contributed by atoms with Crippen molar-refractivity contribution in [3.8, 4) is 0 Å². The number of thiazole rings is 1. The Morgan fingerprint density at radius 3 is 2.54 bits per heavy atom. The highest BCUT2D eigenvalue weighted by Crippen LogP contribution is 2.33. The predicted molar refractivity (Wildman–Crippen MR) is 106 cm³/mol. The van der Waals surface area contributed by atoms with Crippen LogP contribution in [0.4, 0.5) is 9.52 Å². The van der Waals surface area contributed by atoms with Gasteiger partial charge in [-0.2, -0.15) is 0 Å². The molecule has 136 valence electrons. The molecule has 7 heteroatoms. The van der Waals surface area contributed by atoms with E-state index in [1.54, 1.807) is 4.90 Å². The summed E-state index contributed by atoms with van der Waals surface area (Å²) in [4.78, 5) is 21.3. The predicted octanol–water partition coefficient (Wildman–Crippen LogP) is 4.61. The highest BCUT2D eigenvalue weighted by molar-refractivity contribution is 7.22. The lowest BCUT2D eigenvalue weighted by Gasteiger charge is -2.22. The van der Waals surface area contributed by atoms with Crippen LogP contribution >= 0.6 is 22.9 Å². The van der Waals surface area contributed by atoms with Gasteiger partial charge in [0.05, 0.1) is 10.2 Å². The van der Waals surface area contributed by atoms with Crippen LogP contribution in [-0.4, -0.2) is 43.0 Å². The zero-order valence-corrected chi connectivity index (χ0v) is 16.4. The third kappa shape index (κ3) is 4.03. The van der Waals surface area contributed by atoms with Crippen LogP contribution in [0.5, 0.6) is 0 Å². The summed E-state index contributed by atoms with van der Waals surface area (Å²) in [5.41, 5.74) is 2.24. The molecule has 0 aliphatic heterocycles. The zero-order valence-electron chi connectivity index (χ0n) is 14.8. The summed E-state index contributed by atoms with van der Waals surface area (Å²) >= 11 is 7.57. The fourth-order valence-corrected chi connectivity index (χ4v) is 4.04. The molecule has 0 aliphatic rings. The smallest absolute Gasteiger partial charge is 0.260 e. The topological polar surface area (TPSA) is 36.4 Å². The summed E-state index contributed by atoms with van der Waals surface area (Å²) in [6.07, 6.45) is 0. The molecular formula is C19H19ClFN3OS. The summed E-state index contributed by atoms with van der Waals surface area (Å²) < 4.78 is 14.1. The van der Waals surface area contributed by atoms with Crippen LogP contribution < -0.4 is 4.90 Å². The van der Waals surface area contributed by atoms with Crippen LogP contribution in [-0.2, 0) is 0 Å². The van der Waals surface area contributed by atoms with Gasteiger partial charge in [-0.1, -0.05) is 22.9 Å². The maximum atomic E-state index is 13.2. The average Bonchev–Trinajstić information content (AvgIpc) is 2.99. The lowest BCUT2D eigenvalue weighted by molar-refractivity contribution is 0.0985. The summed E-state index contributed by atoms with van der Waals surface area (Å²) in [5.74, 6) is -0.568. The Morgan fingerprint density at radius 2 is 1.88 bits per heavy atom. The van der Waals surface area contributed by atoms with Crippen LogP contribution in [0.15, 0.2) is 36.4 Å². The first kappa shape index (κ1) is 18.8. The molecule has 26 heavy (non-hydrogen) atoms. The van der Waals surface area contributed by atoms with E-state index < -0.39 is 0 Å². The number of benzene rings is 2. The number of fused-ring (bicyclic) bond motifs is 1. The number of amides is 1. The fourth-order valence-electron chi connectivity index (χ4n) is 2.59. The molecule has 0 saturated carbocycles. The van der Waals surface area contributed by atoms with E-state index in [9.17, 15) is 9.18 Å². The van der Waals surface area contributed by atoms with Crippen LogP contribution in [0.2, 0.25) is 5.02 Å². The molecule has 4 nitrogen and oxygen atoms in total. The van der Waals surface area contributed by atoms with Crippen molar-refractivity contribution in [2.24, 2.45) is 0 Å². The molecule has 0 bridgehead atoms. The molecule has 0 saturated heterocycles. The molecule has 0 aliphatic carbocycles. The van der Waals surface area contributed by atoms with Crippen molar-refractivity contribution < 1.29 is 9.18 Å². The van der Waals surface area contributed by atoms with Gasteiger partial charge in [0.2, 0.25) is 0 Å². The second kappa shape index (κ2) is 7.70. The van der Waals surface area contributed by atoms with Crippen molar-refractivity contribution in [2.45, 2.75) is 6.92 Å². The van der Waals surface area contributed by atoms with Gasteiger partial charge >= 0.3 is 0 Å². The van der Waals surface area contributed by atoms with Crippen molar-refractivity contribution >= 4 is 44.2 Å². The SMILES string of the molecule is Cc1cc(Cl)cc2sc(N(CCN(C)C)C(=O)c3ccc(F)cc3)nc12. The van der Waals surface area contributed by atoms with Crippen LogP contribution in [0.1, 0.15) is 15.9 Å². The van der Waals surface area contributed by atoms with E-state index in [0.29, 0.717) is 28.8 Å². The lowest BCUT2D eigenvalue weighted by Crippen LogP contribution is -2.36. The molecule has 0 N–H and O–H groups in total. The number of carbonyl (C=O) groups is 1. The van der Waals surface area contributed by atoms with Gasteiger partial charge < -0.3 is 4.90 Å². The Labute approximate surface area is 160 Å². The van der Waals surface area contributed by atoms with Crippen LogP contribution in [0, 0.1) is 12.7 Å². The molecule has 3 aromatic rings. The minimum atomic E-state index is -0.369. The summed E-state index contributed by atoms with van der Waals surface area (Å²) in [7, 11) is 3.89. The van der Waals surface area contributed by atoms with Gasteiger partial charge in [-0.3, -0.25) is 9.69 Å². The van der Waals surface area contributed by atoms with Crippen molar-refractivity contribution in [3.63, 3.8) is 0 Å². The summed E-state index contributed by atoms with van der Waals surface area (Å²) in [5, 5.41) is 1.26. The van der Waals surface area contributed by atoms with E-state index >= 15 is 0 Å². The Morgan fingerprint density at radius 1 is 1.19 bits per heavy atom. The number of aryl methyl sites for hydroxylation is 1. The molecule has 1 heterocycles. The normalized spacial score (nSPS) is 11.3. The number of carbonyl (C=O) groups excluding carboxylic acids is 1. The Bertz CT molecular complexity index is 940. The summed E-state index contributed by atoms with van der Waals surface area (Å²) in [6.45, 7) is 3.11. The number of rotatable bonds is 5. The standard InChI is InChI=1S/C19H19ClFN3OS/c1-12-10-14(20)11-16-17(12)22-19(26-16)24(9-8-23(2)3)18(25)13-4-6-15(21)7-5-13/h4-7,10-11H,8-9H2,1-3H3. The molecule has 2 aromatic carbocycles. The highest BCUT2D eigenvalue weighted by Gasteiger charge is 2.22. The van der Waals surface area contributed by atoms with Crippen molar-refractivity contribution in [1.82, 2.24) is 9.88 Å². The first-order valence-corrected chi connectivity index (χ1v) is 9.33. The molecule has 1 amide bonds. The maximum absolute atomic E-state index is 13.2. The molecule has 0 spiro atoms. The highest BCUT2D eigenvalue weighted by atomic mass is 35.5. The van der Waals surface area contributed by atoms with Crippen LogP contribution in [0.3, 0.4) is 0 Å². The molecule has 0 radical (unpaired) electrons. The van der Waals surface area contributed by atoms with Gasteiger partial charge in [-0.15, -0.1) is 0 Å². The largest absolute Gasteiger partial charge is 0.308 e. The fraction of sp³-hybridized carbons (Fsp3) is 0.263. The van der Waals surface area contributed by atoms with Crippen molar-refractivity contribution in [3.05, 3.63) is 58.4 Å². The minimum Gasteiger partial charge on any atom is -0.308 e. The van der Waals surface area contributed by atoms with Gasteiger partial charge in [0, 0.05) is 23.7 Å². The van der Waals surface area contributed by atoms with Crippen molar-refractivity contribution in [1.29, 1.82) is 0 Å². The second-order valence-electron chi connectivity index (χ2n) is 6.33. The Kier molecular flexibility index (Phi) is 5.55. The molecule has 1 aromatic heterocycles. The molecule has 3 rings (SSSR count). The number of likely N-dealkylation sites (N-methyl/N-ethyl adjacent to an activating group) is 1. The van der Waals surface area contributed by atoms with Gasteiger partial charge in [-0.25, -0.2) is 9.37 Å². The number of anilines is 1. The van der Waals surface area contributed by atoms with E-state index in [2.05, 4.69) is 4.98 Å². The maximum Gasteiger partial charge on any atom is 0.260 e. The van der Waals surface area contributed by atoms with E-state index in [1.165, 1.54) is 35.6 Å². The Balaban J connectivity index is 2.01. The van der Waals surface area contributed by atoms with E-state index in [0.717, 1.165) is 15.8 Å². The number of aromatic nitrogens is 1. The monoisotopic (exact) mass is 391 g/mol.